The standard InChI is InChI=1S/C12H16N2O2/c1-8(2)12(15)16-9(3)14-11-7-5-4-6-10(11)13/h4-7,9,14H,1,13H2,2-3H3. The van der Waals surface area contributed by atoms with Crippen molar-refractivity contribution in [3.05, 3.63) is 36.4 Å². The van der Waals surface area contributed by atoms with E-state index >= 15 is 0 Å². The Labute approximate surface area is 95.1 Å². The van der Waals surface area contributed by atoms with Crippen LogP contribution in [-0.2, 0) is 9.53 Å². The van der Waals surface area contributed by atoms with Crippen LogP contribution in [0.2, 0.25) is 0 Å². The van der Waals surface area contributed by atoms with Crippen LogP contribution in [-0.4, -0.2) is 12.2 Å². The molecule has 0 saturated carbocycles. The highest BCUT2D eigenvalue weighted by atomic mass is 16.6. The summed E-state index contributed by atoms with van der Waals surface area (Å²) in [5, 5.41) is 2.99. The molecule has 1 unspecified atom stereocenters. The zero-order valence-corrected chi connectivity index (χ0v) is 9.49. The molecule has 0 aliphatic carbocycles. The summed E-state index contributed by atoms with van der Waals surface area (Å²) in [6, 6.07) is 7.28. The number of esters is 1. The van der Waals surface area contributed by atoms with Crippen molar-refractivity contribution in [2.75, 3.05) is 11.1 Å². The van der Waals surface area contributed by atoms with Crippen molar-refractivity contribution in [3.63, 3.8) is 0 Å². The van der Waals surface area contributed by atoms with Gasteiger partial charge in [-0.1, -0.05) is 18.7 Å². The Bertz CT molecular complexity index is 402. The van der Waals surface area contributed by atoms with Gasteiger partial charge < -0.3 is 15.8 Å². The molecular weight excluding hydrogens is 204 g/mol. The molecule has 1 rings (SSSR count). The molecule has 16 heavy (non-hydrogen) atoms. The van der Waals surface area contributed by atoms with Crippen LogP contribution in [0.4, 0.5) is 11.4 Å². The summed E-state index contributed by atoms with van der Waals surface area (Å²) in [6.07, 6.45) is -0.450. The van der Waals surface area contributed by atoms with Crippen LogP contribution in [0.1, 0.15) is 13.8 Å². The summed E-state index contributed by atoms with van der Waals surface area (Å²) in [5.74, 6) is -0.422. The largest absolute Gasteiger partial charge is 0.439 e. The number of hydrogen-bond donors (Lipinski definition) is 2. The normalized spacial score (nSPS) is 11.6. The lowest BCUT2D eigenvalue weighted by Gasteiger charge is -2.17. The number of nitrogens with two attached hydrogens (primary N) is 1. The topological polar surface area (TPSA) is 64.3 Å². The van der Waals surface area contributed by atoms with E-state index in [1.165, 1.54) is 0 Å². The summed E-state index contributed by atoms with van der Waals surface area (Å²) >= 11 is 0. The summed E-state index contributed by atoms with van der Waals surface area (Å²) in [4.78, 5) is 11.2. The third-order valence-corrected chi connectivity index (χ3v) is 1.95. The van der Waals surface area contributed by atoms with Crippen molar-refractivity contribution in [1.29, 1.82) is 0 Å². The van der Waals surface area contributed by atoms with Crippen molar-refractivity contribution in [2.24, 2.45) is 0 Å². The molecular formula is C12H16N2O2. The maximum atomic E-state index is 11.2. The van der Waals surface area contributed by atoms with Gasteiger partial charge >= 0.3 is 5.97 Å². The maximum absolute atomic E-state index is 11.2. The van der Waals surface area contributed by atoms with E-state index in [4.69, 9.17) is 10.5 Å². The average molecular weight is 220 g/mol. The number of carbonyl (C=O) groups is 1. The number of para-hydroxylation sites is 2. The number of anilines is 2. The number of nitrogen functional groups attached to an aromatic ring is 1. The molecule has 0 saturated heterocycles. The molecule has 4 heteroatoms. The first kappa shape index (κ1) is 12.1. The van der Waals surface area contributed by atoms with Gasteiger partial charge in [0.05, 0.1) is 11.4 Å². The third-order valence-electron chi connectivity index (χ3n) is 1.95. The van der Waals surface area contributed by atoms with Crippen molar-refractivity contribution >= 4 is 17.3 Å². The van der Waals surface area contributed by atoms with E-state index in [-0.39, 0.29) is 0 Å². The van der Waals surface area contributed by atoms with E-state index in [0.29, 0.717) is 11.3 Å². The fourth-order valence-corrected chi connectivity index (χ4v) is 1.14. The van der Waals surface area contributed by atoms with Gasteiger partial charge in [0.2, 0.25) is 0 Å². The van der Waals surface area contributed by atoms with Gasteiger partial charge in [-0.2, -0.15) is 0 Å². The second-order valence-corrected chi connectivity index (χ2v) is 3.56. The zero-order valence-electron chi connectivity index (χ0n) is 9.49. The molecule has 0 radical (unpaired) electrons. The maximum Gasteiger partial charge on any atom is 0.335 e. The van der Waals surface area contributed by atoms with Crippen molar-refractivity contribution in [1.82, 2.24) is 0 Å². The molecule has 0 spiro atoms. The molecule has 0 aliphatic rings. The van der Waals surface area contributed by atoms with Crippen LogP contribution in [0.3, 0.4) is 0 Å². The number of rotatable bonds is 4. The second kappa shape index (κ2) is 5.21. The lowest BCUT2D eigenvalue weighted by molar-refractivity contribution is -0.142. The van der Waals surface area contributed by atoms with Crippen LogP contribution < -0.4 is 11.1 Å². The molecule has 0 aliphatic heterocycles. The smallest absolute Gasteiger partial charge is 0.335 e. The van der Waals surface area contributed by atoms with Crippen LogP contribution >= 0.6 is 0 Å². The highest BCUT2D eigenvalue weighted by Gasteiger charge is 2.10. The molecule has 0 bridgehead atoms. The molecule has 4 nitrogen and oxygen atoms in total. The number of benzene rings is 1. The van der Waals surface area contributed by atoms with Crippen LogP contribution in [0.25, 0.3) is 0 Å². The minimum Gasteiger partial charge on any atom is -0.439 e. The first-order valence-electron chi connectivity index (χ1n) is 4.98. The summed E-state index contributed by atoms with van der Waals surface area (Å²) < 4.78 is 5.07. The summed E-state index contributed by atoms with van der Waals surface area (Å²) in [7, 11) is 0. The predicted octanol–water partition coefficient (Wildman–Crippen LogP) is 2.15. The average Bonchev–Trinajstić information content (AvgIpc) is 2.21. The number of hydrogen-bond acceptors (Lipinski definition) is 4. The zero-order chi connectivity index (χ0) is 12.1. The van der Waals surface area contributed by atoms with Crippen molar-refractivity contribution < 1.29 is 9.53 Å². The first-order chi connectivity index (χ1) is 7.50. The van der Waals surface area contributed by atoms with Crippen molar-refractivity contribution in [2.45, 2.75) is 20.1 Å². The van der Waals surface area contributed by atoms with E-state index in [1.54, 1.807) is 19.9 Å². The Morgan fingerprint density at radius 2 is 2.12 bits per heavy atom. The molecule has 86 valence electrons. The van der Waals surface area contributed by atoms with E-state index in [0.717, 1.165) is 5.69 Å². The van der Waals surface area contributed by atoms with E-state index < -0.39 is 12.2 Å². The third kappa shape index (κ3) is 3.31. The van der Waals surface area contributed by atoms with Gasteiger partial charge in [0.25, 0.3) is 0 Å². The second-order valence-electron chi connectivity index (χ2n) is 3.56. The Kier molecular flexibility index (Phi) is 3.94. The fourth-order valence-electron chi connectivity index (χ4n) is 1.14. The van der Waals surface area contributed by atoms with Crippen LogP contribution in [0.5, 0.6) is 0 Å². The quantitative estimate of drug-likeness (QED) is 0.353. The van der Waals surface area contributed by atoms with Gasteiger partial charge in [-0.3, -0.25) is 0 Å². The van der Waals surface area contributed by atoms with Gasteiger partial charge in [-0.15, -0.1) is 0 Å². The van der Waals surface area contributed by atoms with E-state index in [9.17, 15) is 4.79 Å². The number of carbonyl (C=O) groups excluding carboxylic acids is 1. The Balaban J connectivity index is 2.58. The minimum absolute atomic E-state index is 0.370. The monoisotopic (exact) mass is 220 g/mol. The van der Waals surface area contributed by atoms with Crippen molar-refractivity contribution in [3.8, 4) is 0 Å². The lowest BCUT2D eigenvalue weighted by atomic mass is 10.2. The molecule has 3 N–H and O–H groups in total. The van der Waals surface area contributed by atoms with Gasteiger partial charge in [0.1, 0.15) is 0 Å². The van der Waals surface area contributed by atoms with Crippen LogP contribution in [0, 0.1) is 0 Å². The lowest BCUT2D eigenvalue weighted by Crippen LogP contribution is -2.23. The molecule has 1 aromatic carbocycles. The SMILES string of the molecule is C=C(C)C(=O)OC(C)Nc1ccccc1N. The molecule has 0 amide bonds. The van der Waals surface area contributed by atoms with Gasteiger partial charge in [0, 0.05) is 5.57 Å². The molecule has 1 atom stereocenters. The summed E-state index contributed by atoms with van der Waals surface area (Å²) in [5.41, 5.74) is 7.46. The Hall–Kier alpha value is -1.97. The highest BCUT2D eigenvalue weighted by molar-refractivity contribution is 5.87. The number of ether oxygens (including phenoxy) is 1. The predicted molar refractivity (Wildman–Crippen MR) is 64.8 cm³/mol. The minimum atomic E-state index is -0.450. The summed E-state index contributed by atoms with van der Waals surface area (Å²) in [6.45, 7) is 6.84. The highest BCUT2D eigenvalue weighted by Crippen LogP contribution is 2.18. The first-order valence-corrected chi connectivity index (χ1v) is 4.98. The van der Waals surface area contributed by atoms with Gasteiger partial charge in [0.15, 0.2) is 6.23 Å². The number of nitrogens with one attached hydrogen (secondary N) is 1. The molecule has 1 aromatic rings. The fraction of sp³-hybridized carbons (Fsp3) is 0.250. The van der Waals surface area contributed by atoms with Crippen LogP contribution in [0.15, 0.2) is 36.4 Å². The molecule has 0 heterocycles. The van der Waals surface area contributed by atoms with Gasteiger partial charge in [-0.05, 0) is 26.0 Å². The van der Waals surface area contributed by atoms with E-state index in [1.807, 2.05) is 18.2 Å². The molecule has 0 aromatic heterocycles. The van der Waals surface area contributed by atoms with E-state index in [2.05, 4.69) is 11.9 Å². The van der Waals surface area contributed by atoms with Gasteiger partial charge in [-0.25, -0.2) is 4.79 Å². The Morgan fingerprint density at radius 1 is 1.50 bits per heavy atom. The Morgan fingerprint density at radius 3 is 2.69 bits per heavy atom. The molecule has 0 fully saturated rings.